The number of halogens is 1. The third-order valence-electron chi connectivity index (χ3n) is 2.65. The molecule has 0 aromatic carbocycles. The van der Waals surface area contributed by atoms with Crippen molar-refractivity contribution in [2.75, 3.05) is 12.5 Å². The van der Waals surface area contributed by atoms with Crippen LogP contribution in [-0.4, -0.2) is 24.4 Å². The van der Waals surface area contributed by atoms with E-state index in [9.17, 15) is 4.79 Å². The van der Waals surface area contributed by atoms with E-state index in [1.165, 1.54) is 0 Å². The first-order valence-corrected chi connectivity index (χ1v) is 5.39. The van der Waals surface area contributed by atoms with Crippen molar-refractivity contribution in [2.45, 2.75) is 32.8 Å². The molecular weight excluding hydrogens is 188 g/mol. The molecule has 0 N–H and O–H groups in total. The van der Waals surface area contributed by atoms with E-state index in [0.717, 1.165) is 12.8 Å². The molecule has 13 heavy (non-hydrogen) atoms. The molecule has 0 amide bonds. The van der Waals surface area contributed by atoms with E-state index >= 15 is 0 Å². The van der Waals surface area contributed by atoms with Crippen LogP contribution in [0.4, 0.5) is 0 Å². The van der Waals surface area contributed by atoms with Crippen molar-refractivity contribution in [3.05, 3.63) is 0 Å². The number of carbonyl (C=O) groups excluding carboxylic acids is 1. The van der Waals surface area contributed by atoms with Crippen molar-refractivity contribution >= 4 is 17.4 Å². The summed E-state index contributed by atoms with van der Waals surface area (Å²) < 4.78 is 5.57. The number of Topliss-reactive ketones (excluding diaryl/α,β-unsaturated/α-hetero) is 1. The molecule has 2 atom stereocenters. The maximum Gasteiger partial charge on any atom is 0.150 e. The van der Waals surface area contributed by atoms with Crippen molar-refractivity contribution in [3.8, 4) is 0 Å². The maximum atomic E-state index is 11.3. The summed E-state index contributed by atoms with van der Waals surface area (Å²) in [5.74, 6) is 0.954. The highest BCUT2D eigenvalue weighted by Crippen LogP contribution is 2.25. The number of hydrogen-bond acceptors (Lipinski definition) is 2. The van der Waals surface area contributed by atoms with Gasteiger partial charge in [-0.2, -0.15) is 0 Å². The van der Waals surface area contributed by atoms with Gasteiger partial charge in [-0.05, 0) is 18.8 Å². The Hall–Kier alpha value is -0.0800. The van der Waals surface area contributed by atoms with Crippen molar-refractivity contribution in [2.24, 2.45) is 11.8 Å². The Bertz CT molecular complexity index is 180. The van der Waals surface area contributed by atoms with E-state index in [0.29, 0.717) is 12.5 Å². The largest absolute Gasteiger partial charge is 0.378 e. The molecule has 1 saturated heterocycles. The van der Waals surface area contributed by atoms with Crippen LogP contribution in [0, 0.1) is 11.8 Å². The van der Waals surface area contributed by atoms with Gasteiger partial charge in [-0.1, -0.05) is 13.8 Å². The molecule has 0 aromatic heterocycles. The van der Waals surface area contributed by atoms with Crippen LogP contribution < -0.4 is 0 Å². The maximum absolute atomic E-state index is 11.3. The van der Waals surface area contributed by atoms with Gasteiger partial charge < -0.3 is 4.74 Å². The Morgan fingerprint density at radius 3 is 2.85 bits per heavy atom. The molecule has 0 saturated carbocycles. The summed E-state index contributed by atoms with van der Waals surface area (Å²) >= 11 is 5.52. The molecule has 0 unspecified atom stereocenters. The van der Waals surface area contributed by atoms with Crippen molar-refractivity contribution in [3.63, 3.8) is 0 Å². The number of hydrogen-bond donors (Lipinski definition) is 0. The first-order chi connectivity index (χ1) is 6.15. The fraction of sp³-hybridized carbons (Fsp3) is 0.900. The molecule has 3 heteroatoms. The van der Waals surface area contributed by atoms with Gasteiger partial charge in [0.25, 0.3) is 0 Å². The molecule has 2 nitrogen and oxygen atoms in total. The van der Waals surface area contributed by atoms with E-state index in [2.05, 4.69) is 13.8 Å². The summed E-state index contributed by atoms with van der Waals surface area (Å²) in [5.41, 5.74) is 0. The Morgan fingerprint density at radius 2 is 2.31 bits per heavy atom. The monoisotopic (exact) mass is 204 g/mol. The van der Waals surface area contributed by atoms with Crippen LogP contribution in [0.25, 0.3) is 0 Å². The minimum absolute atomic E-state index is 0.138. The van der Waals surface area contributed by atoms with E-state index < -0.39 is 0 Å². The SMILES string of the molecule is CC(C)[C@@H]1C[C@@H](C(=O)CCl)CCO1. The molecule has 0 aliphatic carbocycles. The number of carbonyl (C=O) groups is 1. The summed E-state index contributed by atoms with van der Waals surface area (Å²) in [4.78, 5) is 11.3. The highest BCUT2D eigenvalue weighted by molar-refractivity contribution is 6.27. The van der Waals surface area contributed by atoms with Crippen molar-refractivity contribution < 1.29 is 9.53 Å². The molecule has 0 radical (unpaired) electrons. The molecule has 0 spiro atoms. The average molecular weight is 205 g/mol. The van der Waals surface area contributed by atoms with Gasteiger partial charge in [-0.15, -0.1) is 11.6 Å². The van der Waals surface area contributed by atoms with E-state index in [4.69, 9.17) is 16.3 Å². The number of alkyl halides is 1. The second kappa shape index (κ2) is 4.97. The predicted molar refractivity (Wildman–Crippen MR) is 53.0 cm³/mol. The second-order valence-electron chi connectivity index (χ2n) is 3.97. The van der Waals surface area contributed by atoms with Gasteiger partial charge in [-0.3, -0.25) is 4.79 Å². The van der Waals surface area contributed by atoms with E-state index in [-0.39, 0.29) is 23.7 Å². The summed E-state index contributed by atoms with van der Waals surface area (Å²) in [7, 11) is 0. The highest BCUT2D eigenvalue weighted by atomic mass is 35.5. The molecule has 1 rings (SSSR count). The summed E-state index contributed by atoms with van der Waals surface area (Å²) in [6.45, 7) is 4.95. The molecule has 1 heterocycles. The van der Waals surface area contributed by atoms with Gasteiger partial charge in [0.2, 0.25) is 0 Å². The minimum atomic E-state index is 0.138. The summed E-state index contributed by atoms with van der Waals surface area (Å²) in [6.07, 6.45) is 1.93. The van der Waals surface area contributed by atoms with Gasteiger partial charge in [0.15, 0.2) is 5.78 Å². The molecule has 0 aromatic rings. The van der Waals surface area contributed by atoms with Gasteiger partial charge in [0.05, 0.1) is 12.0 Å². The Kier molecular flexibility index (Phi) is 4.20. The first-order valence-electron chi connectivity index (χ1n) is 4.85. The third-order valence-corrected chi connectivity index (χ3v) is 2.91. The topological polar surface area (TPSA) is 26.3 Å². The van der Waals surface area contributed by atoms with Crippen LogP contribution in [0.2, 0.25) is 0 Å². The molecular formula is C10H17ClO2. The number of ether oxygens (including phenoxy) is 1. The Morgan fingerprint density at radius 1 is 1.62 bits per heavy atom. The van der Waals surface area contributed by atoms with Crippen LogP contribution in [-0.2, 0) is 9.53 Å². The normalized spacial score (nSPS) is 29.2. The van der Waals surface area contributed by atoms with E-state index in [1.807, 2.05) is 0 Å². The zero-order chi connectivity index (χ0) is 9.84. The summed E-state index contributed by atoms with van der Waals surface area (Å²) in [5, 5.41) is 0. The lowest BCUT2D eigenvalue weighted by atomic mass is 9.88. The lowest BCUT2D eigenvalue weighted by Crippen LogP contribution is -2.33. The molecule has 1 fully saturated rings. The molecule has 1 aliphatic rings. The van der Waals surface area contributed by atoms with Crippen LogP contribution >= 0.6 is 11.6 Å². The smallest absolute Gasteiger partial charge is 0.150 e. The minimum Gasteiger partial charge on any atom is -0.378 e. The zero-order valence-corrected chi connectivity index (χ0v) is 9.01. The van der Waals surface area contributed by atoms with Crippen LogP contribution in [0.15, 0.2) is 0 Å². The van der Waals surface area contributed by atoms with Crippen LogP contribution in [0.1, 0.15) is 26.7 Å². The van der Waals surface area contributed by atoms with Crippen LogP contribution in [0.5, 0.6) is 0 Å². The van der Waals surface area contributed by atoms with Crippen molar-refractivity contribution in [1.82, 2.24) is 0 Å². The van der Waals surface area contributed by atoms with Crippen LogP contribution in [0.3, 0.4) is 0 Å². The van der Waals surface area contributed by atoms with Gasteiger partial charge in [0, 0.05) is 12.5 Å². The lowest BCUT2D eigenvalue weighted by Gasteiger charge is -2.30. The highest BCUT2D eigenvalue weighted by Gasteiger charge is 2.28. The quantitative estimate of drug-likeness (QED) is 0.660. The molecule has 1 aliphatic heterocycles. The molecule has 76 valence electrons. The van der Waals surface area contributed by atoms with Gasteiger partial charge >= 0.3 is 0 Å². The fourth-order valence-corrected chi connectivity index (χ4v) is 1.91. The second-order valence-corrected chi connectivity index (χ2v) is 4.24. The number of ketones is 1. The average Bonchev–Trinajstić information content (AvgIpc) is 2.17. The van der Waals surface area contributed by atoms with E-state index in [1.54, 1.807) is 0 Å². The first kappa shape index (κ1) is 11.0. The standard InChI is InChI=1S/C10H17ClO2/c1-7(2)10-5-8(3-4-13-10)9(12)6-11/h7-8,10H,3-6H2,1-2H3/t8-,10-/m0/s1. The Labute approximate surface area is 84.6 Å². The lowest BCUT2D eigenvalue weighted by molar-refractivity contribution is -0.126. The number of rotatable bonds is 3. The van der Waals surface area contributed by atoms with Crippen molar-refractivity contribution in [1.29, 1.82) is 0 Å². The molecule has 0 bridgehead atoms. The third kappa shape index (κ3) is 2.96. The predicted octanol–water partition coefficient (Wildman–Crippen LogP) is 2.25. The summed E-state index contributed by atoms with van der Waals surface area (Å²) in [6, 6.07) is 0. The van der Waals surface area contributed by atoms with Gasteiger partial charge in [0.1, 0.15) is 0 Å². The van der Waals surface area contributed by atoms with Gasteiger partial charge in [-0.25, -0.2) is 0 Å². The fourth-order valence-electron chi connectivity index (χ4n) is 1.69. The Balaban J connectivity index is 2.46. The zero-order valence-electron chi connectivity index (χ0n) is 8.25.